The van der Waals surface area contributed by atoms with Gasteiger partial charge >= 0.3 is 5.97 Å². The molecule has 0 amide bonds. The molecule has 16 heavy (non-hydrogen) atoms. The largest absolute Gasteiger partial charge is 0.462 e. The van der Waals surface area contributed by atoms with Gasteiger partial charge in [-0.05, 0) is 13.0 Å². The number of nitrogen functional groups attached to an aromatic ring is 1. The Kier molecular flexibility index (Phi) is 3.60. The van der Waals surface area contributed by atoms with Gasteiger partial charge in [-0.1, -0.05) is 0 Å². The highest BCUT2D eigenvalue weighted by Gasteiger charge is 2.23. The Morgan fingerprint density at radius 3 is 2.75 bits per heavy atom. The van der Waals surface area contributed by atoms with Crippen molar-refractivity contribution >= 4 is 11.8 Å². The number of nitrogens with one attached hydrogen (secondary N) is 1. The average Bonchev–Trinajstić information content (AvgIpc) is 2.15. The van der Waals surface area contributed by atoms with Crippen LogP contribution in [0.4, 0.5) is 14.6 Å². The van der Waals surface area contributed by atoms with E-state index in [1.54, 1.807) is 0 Å². The quantitative estimate of drug-likeness (QED) is 0.763. The third-order valence-electron chi connectivity index (χ3n) is 1.81. The standard InChI is InChI=1S/C9H10F2N2O3/c1-2-16-9(15)4-3-5(12)13-8(14)6(4)7(10)11/h3,7H,2H2,1H3,(H3,12,13,14). The zero-order valence-electron chi connectivity index (χ0n) is 8.42. The van der Waals surface area contributed by atoms with E-state index in [9.17, 15) is 18.4 Å². The van der Waals surface area contributed by atoms with Crippen LogP contribution in [0.5, 0.6) is 0 Å². The van der Waals surface area contributed by atoms with Gasteiger partial charge in [0.1, 0.15) is 5.82 Å². The lowest BCUT2D eigenvalue weighted by Crippen LogP contribution is -2.21. The lowest BCUT2D eigenvalue weighted by atomic mass is 10.1. The van der Waals surface area contributed by atoms with E-state index in [-0.39, 0.29) is 12.4 Å². The highest BCUT2D eigenvalue weighted by Crippen LogP contribution is 2.20. The number of nitrogens with two attached hydrogens (primary N) is 1. The fourth-order valence-corrected chi connectivity index (χ4v) is 1.18. The van der Waals surface area contributed by atoms with Gasteiger partial charge in [0.15, 0.2) is 0 Å². The average molecular weight is 232 g/mol. The van der Waals surface area contributed by atoms with Crippen LogP contribution in [0.15, 0.2) is 10.9 Å². The molecule has 0 aliphatic heterocycles. The Morgan fingerprint density at radius 1 is 1.62 bits per heavy atom. The maximum absolute atomic E-state index is 12.6. The molecule has 3 N–H and O–H groups in total. The number of pyridine rings is 1. The van der Waals surface area contributed by atoms with Crippen LogP contribution in [-0.2, 0) is 4.74 Å². The topological polar surface area (TPSA) is 85.2 Å². The number of rotatable bonds is 3. The van der Waals surface area contributed by atoms with Crippen LogP contribution in [0.1, 0.15) is 29.3 Å². The summed E-state index contributed by atoms with van der Waals surface area (Å²) in [5.41, 5.74) is 2.74. The van der Waals surface area contributed by atoms with Gasteiger partial charge in [0.05, 0.1) is 17.7 Å². The predicted molar refractivity (Wildman–Crippen MR) is 52.4 cm³/mol. The van der Waals surface area contributed by atoms with Crippen molar-refractivity contribution in [3.05, 3.63) is 27.5 Å². The number of hydrogen-bond acceptors (Lipinski definition) is 4. The molecule has 0 saturated heterocycles. The molecule has 0 unspecified atom stereocenters. The zero-order valence-corrected chi connectivity index (χ0v) is 8.42. The maximum atomic E-state index is 12.6. The molecule has 1 heterocycles. The van der Waals surface area contributed by atoms with Crippen LogP contribution in [0.2, 0.25) is 0 Å². The predicted octanol–water partition coefficient (Wildman–Crippen LogP) is 1.07. The van der Waals surface area contributed by atoms with Crippen molar-refractivity contribution < 1.29 is 18.3 Å². The first-order chi connectivity index (χ1) is 7.47. The van der Waals surface area contributed by atoms with Crippen LogP contribution in [0.25, 0.3) is 0 Å². The molecule has 0 saturated carbocycles. The first kappa shape index (κ1) is 12.2. The number of hydrogen-bond donors (Lipinski definition) is 2. The molecular weight excluding hydrogens is 222 g/mol. The van der Waals surface area contributed by atoms with Crippen LogP contribution >= 0.6 is 0 Å². The minimum Gasteiger partial charge on any atom is -0.462 e. The van der Waals surface area contributed by atoms with Gasteiger partial charge in [-0.3, -0.25) is 4.79 Å². The second-order valence-corrected chi connectivity index (χ2v) is 2.90. The number of aromatic amines is 1. The normalized spacial score (nSPS) is 10.5. The van der Waals surface area contributed by atoms with Gasteiger partial charge in [-0.25, -0.2) is 13.6 Å². The van der Waals surface area contributed by atoms with E-state index in [1.807, 2.05) is 4.98 Å². The van der Waals surface area contributed by atoms with Crippen LogP contribution in [0, 0.1) is 0 Å². The molecule has 0 fully saturated rings. The number of H-pyrrole nitrogens is 1. The summed E-state index contributed by atoms with van der Waals surface area (Å²) in [5, 5.41) is 0. The summed E-state index contributed by atoms with van der Waals surface area (Å²) >= 11 is 0. The molecule has 0 aliphatic rings. The number of carbonyl (C=O) groups is 1. The van der Waals surface area contributed by atoms with Crippen LogP contribution in [-0.4, -0.2) is 17.6 Å². The molecule has 0 aliphatic carbocycles. The second kappa shape index (κ2) is 4.73. The van der Waals surface area contributed by atoms with Gasteiger partial charge in [-0.2, -0.15) is 0 Å². The Balaban J connectivity index is 3.35. The molecule has 0 radical (unpaired) electrons. The minimum atomic E-state index is -3.07. The smallest absolute Gasteiger partial charge is 0.338 e. The van der Waals surface area contributed by atoms with Crippen LogP contribution in [0.3, 0.4) is 0 Å². The van der Waals surface area contributed by atoms with Gasteiger partial charge in [0.2, 0.25) is 0 Å². The van der Waals surface area contributed by atoms with Gasteiger partial charge in [0.25, 0.3) is 12.0 Å². The van der Waals surface area contributed by atoms with Gasteiger partial charge in [0, 0.05) is 0 Å². The van der Waals surface area contributed by atoms with Crippen molar-refractivity contribution in [1.82, 2.24) is 4.98 Å². The summed E-state index contributed by atoms with van der Waals surface area (Å²) in [7, 11) is 0. The van der Waals surface area contributed by atoms with Crippen molar-refractivity contribution in [3.63, 3.8) is 0 Å². The molecule has 0 aromatic carbocycles. The third kappa shape index (κ3) is 2.36. The highest BCUT2D eigenvalue weighted by molar-refractivity contribution is 5.91. The molecule has 0 spiro atoms. The van der Waals surface area contributed by atoms with E-state index in [0.29, 0.717) is 0 Å². The molecule has 1 rings (SSSR count). The second-order valence-electron chi connectivity index (χ2n) is 2.90. The Bertz CT molecular complexity index is 457. The number of anilines is 1. The molecule has 1 aromatic rings. The van der Waals surface area contributed by atoms with E-state index in [4.69, 9.17) is 5.73 Å². The van der Waals surface area contributed by atoms with Gasteiger partial charge < -0.3 is 15.5 Å². The molecule has 5 nitrogen and oxygen atoms in total. The van der Waals surface area contributed by atoms with E-state index < -0.39 is 29.1 Å². The number of ether oxygens (including phenoxy) is 1. The number of carbonyl (C=O) groups excluding carboxylic acids is 1. The maximum Gasteiger partial charge on any atom is 0.338 e. The summed E-state index contributed by atoms with van der Waals surface area (Å²) in [4.78, 5) is 24.5. The van der Waals surface area contributed by atoms with Crippen molar-refractivity contribution in [1.29, 1.82) is 0 Å². The SMILES string of the molecule is CCOC(=O)c1cc(N)[nH]c(=O)c1C(F)F. The summed E-state index contributed by atoms with van der Waals surface area (Å²) in [6.45, 7) is 1.55. The Labute approximate surface area is 89.2 Å². The molecule has 0 atom stereocenters. The van der Waals surface area contributed by atoms with E-state index >= 15 is 0 Å². The number of halogens is 2. The summed E-state index contributed by atoms with van der Waals surface area (Å²) in [6, 6.07) is 0.959. The summed E-state index contributed by atoms with van der Waals surface area (Å²) in [5.74, 6) is -1.16. The van der Waals surface area contributed by atoms with Crippen LogP contribution < -0.4 is 11.3 Å². The van der Waals surface area contributed by atoms with Gasteiger partial charge in [-0.15, -0.1) is 0 Å². The fourth-order valence-electron chi connectivity index (χ4n) is 1.18. The third-order valence-corrected chi connectivity index (χ3v) is 1.81. The molecule has 0 bridgehead atoms. The van der Waals surface area contributed by atoms with Crippen molar-refractivity contribution in [3.8, 4) is 0 Å². The van der Waals surface area contributed by atoms with Crippen molar-refractivity contribution in [2.24, 2.45) is 0 Å². The molecule has 88 valence electrons. The molecular formula is C9H10F2N2O3. The van der Waals surface area contributed by atoms with E-state index in [1.165, 1.54) is 6.92 Å². The minimum absolute atomic E-state index is 0.0220. The number of esters is 1. The lowest BCUT2D eigenvalue weighted by molar-refractivity contribution is 0.0514. The monoisotopic (exact) mass is 232 g/mol. The summed E-state index contributed by atoms with van der Waals surface area (Å²) in [6.07, 6.45) is -3.07. The molecule has 1 aromatic heterocycles. The fraction of sp³-hybridized carbons (Fsp3) is 0.333. The first-order valence-corrected chi connectivity index (χ1v) is 4.45. The molecule has 7 heteroatoms. The highest BCUT2D eigenvalue weighted by atomic mass is 19.3. The van der Waals surface area contributed by atoms with Crippen molar-refractivity contribution in [2.45, 2.75) is 13.3 Å². The van der Waals surface area contributed by atoms with Crippen molar-refractivity contribution in [2.75, 3.05) is 12.3 Å². The number of alkyl halides is 2. The van der Waals surface area contributed by atoms with E-state index in [0.717, 1.165) is 6.07 Å². The lowest BCUT2D eigenvalue weighted by Gasteiger charge is -2.07. The van der Waals surface area contributed by atoms with E-state index in [2.05, 4.69) is 4.74 Å². The number of aromatic nitrogens is 1. The Morgan fingerprint density at radius 2 is 2.25 bits per heavy atom. The zero-order chi connectivity index (χ0) is 12.3. The summed E-state index contributed by atoms with van der Waals surface area (Å²) < 4.78 is 29.7. The first-order valence-electron chi connectivity index (χ1n) is 4.45. The Hall–Kier alpha value is -1.92.